The molecule has 2 aromatic heterocycles. The molecule has 0 bridgehead atoms. The van der Waals surface area contributed by atoms with E-state index < -0.39 is 0 Å². The molecule has 1 saturated heterocycles. The number of piperidine rings is 1. The zero-order valence-corrected chi connectivity index (χ0v) is 11.4. The smallest absolute Gasteiger partial charge is 0.160 e. The van der Waals surface area contributed by atoms with Gasteiger partial charge in [0.15, 0.2) is 11.5 Å². The highest BCUT2D eigenvalue weighted by molar-refractivity contribution is 5.36. The van der Waals surface area contributed by atoms with Gasteiger partial charge in [-0.3, -0.25) is 4.40 Å². The van der Waals surface area contributed by atoms with Gasteiger partial charge in [-0.25, -0.2) is 0 Å². The van der Waals surface area contributed by atoms with E-state index in [1.54, 1.807) is 0 Å². The first-order valence-electron chi connectivity index (χ1n) is 7.11. The molecule has 102 valence electrons. The number of fused-ring (bicyclic) bond motifs is 1. The predicted octanol–water partition coefficient (Wildman–Crippen LogP) is 1.30. The lowest BCUT2D eigenvalue weighted by molar-refractivity contribution is 0.205. The van der Waals surface area contributed by atoms with Crippen LogP contribution in [-0.2, 0) is 6.54 Å². The second kappa shape index (κ2) is 5.67. The van der Waals surface area contributed by atoms with Crippen molar-refractivity contribution < 1.29 is 0 Å². The van der Waals surface area contributed by atoms with Crippen LogP contribution in [0.5, 0.6) is 0 Å². The van der Waals surface area contributed by atoms with Crippen LogP contribution in [0.15, 0.2) is 24.4 Å². The first-order valence-corrected chi connectivity index (χ1v) is 7.11. The Morgan fingerprint density at radius 2 is 2.11 bits per heavy atom. The average Bonchev–Trinajstić information content (AvgIpc) is 2.89. The average molecular weight is 259 g/mol. The van der Waals surface area contributed by atoms with Crippen molar-refractivity contribution in [2.24, 2.45) is 0 Å². The van der Waals surface area contributed by atoms with Gasteiger partial charge in [-0.05, 0) is 44.6 Å². The Labute approximate surface area is 113 Å². The van der Waals surface area contributed by atoms with Crippen LogP contribution < -0.4 is 5.32 Å². The van der Waals surface area contributed by atoms with Gasteiger partial charge >= 0.3 is 0 Å². The zero-order valence-electron chi connectivity index (χ0n) is 11.4. The first kappa shape index (κ1) is 12.6. The highest BCUT2D eigenvalue weighted by atomic mass is 15.3. The highest BCUT2D eigenvalue weighted by Gasteiger charge is 2.18. The van der Waals surface area contributed by atoms with E-state index in [1.165, 1.54) is 32.5 Å². The number of hydrogen-bond acceptors (Lipinski definition) is 4. The number of pyridine rings is 1. The molecule has 1 aliphatic rings. The third-order valence-corrected chi connectivity index (χ3v) is 3.97. The van der Waals surface area contributed by atoms with Crippen molar-refractivity contribution in [1.82, 2.24) is 24.8 Å². The van der Waals surface area contributed by atoms with E-state index in [4.69, 9.17) is 0 Å². The molecule has 0 saturated carbocycles. The molecular weight excluding hydrogens is 238 g/mol. The minimum atomic E-state index is 0.610. The fourth-order valence-electron chi connectivity index (χ4n) is 2.70. The second-order valence-corrected chi connectivity index (χ2v) is 5.13. The lowest BCUT2D eigenvalue weighted by Crippen LogP contribution is -2.42. The van der Waals surface area contributed by atoms with E-state index in [0.717, 1.165) is 18.0 Å². The van der Waals surface area contributed by atoms with E-state index in [-0.39, 0.29) is 0 Å². The third kappa shape index (κ3) is 2.77. The largest absolute Gasteiger partial charge is 0.307 e. The summed E-state index contributed by atoms with van der Waals surface area (Å²) in [6, 6.07) is 6.59. The molecule has 5 heteroatoms. The monoisotopic (exact) mass is 259 g/mol. The standard InChI is InChI=1S/C14H21N5/c1-2-18-9-6-12(7-10-18)15-11-14-17-16-13-5-3-4-8-19(13)14/h3-5,8,12,15H,2,6-7,9-11H2,1H3. The van der Waals surface area contributed by atoms with Crippen molar-refractivity contribution in [2.45, 2.75) is 32.4 Å². The van der Waals surface area contributed by atoms with E-state index in [2.05, 4.69) is 27.3 Å². The maximum atomic E-state index is 4.25. The molecule has 1 N–H and O–H groups in total. The quantitative estimate of drug-likeness (QED) is 0.899. The maximum Gasteiger partial charge on any atom is 0.160 e. The van der Waals surface area contributed by atoms with Crippen LogP contribution >= 0.6 is 0 Å². The van der Waals surface area contributed by atoms with Gasteiger partial charge in [-0.2, -0.15) is 0 Å². The molecule has 1 fully saturated rings. The number of aromatic nitrogens is 3. The fourth-order valence-corrected chi connectivity index (χ4v) is 2.70. The number of nitrogens with zero attached hydrogens (tertiary/aromatic N) is 4. The molecule has 0 unspecified atom stereocenters. The number of nitrogens with one attached hydrogen (secondary N) is 1. The van der Waals surface area contributed by atoms with Crippen LogP contribution in [-0.4, -0.2) is 45.2 Å². The van der Waals surface area contributed by atoms with Crippen LogP contribution in [0.25, 0.3) is 5.65 Å². The van der Waals surface area contributed by atoms with E-state index in [1.807, 2.05) is 28.8 Å². The Balaban J connectivity index is 1.58. The van der Waals surface area contributed by atoms with Crippen molar-refractivity contribution >= 4 is 5.65 Å². The molecule has 5 nitrogen and oxygen atoms in total. The molecule has 0 amide bonds. The number of likely N-dealkylation sites (tertiary alicyclic amines) is 1. The molecule has 2 aromatic rings. The topological polar surface area (TPSA) is 45.5 Å². The Kier molecular flexibility index (Phi) is 3.75. The summed E-state index contributed by atoms with van der Waals surface area (Å²) in [5.41, 5.74) is 0.917. The minimum absolute atomic E-state index is 0.610. The van der Waals surface area contributed by atoms with Crippen LogP contribution in [0.1, 0.15) is 25.6 Å². The molecular formula is C14H21N5. The van der Waals surface area contributed by atoms with Crippen LogP contribution in [0, 0.1) is 0 Å². The summed E-state index contributed by atoms with van der Waals surface area (Å²) < 4.78 is 2.05. The Bertz CT molecular complexity index is 527. The predicted molar refractivity (Wildman–Crippen MR) is 75.0 cm³/mol. The normalized spacial score (nSPS) is 18.2. The molecule has 1 aliphatic heterocycles. The molecule has 0 aromatic carbocycles. The van der Waals surface area contributed by atoms with Crippen LogP contribution in [0.4, 0.5) is 0 Å². The highest BCUT2D eigenvalue weighted by Crippen LogP contribution is 2.10. The number of rotatable bonds is 4. The Hall–Kier alpha value is -1.46. The number of hydrogen-bond donors (Lipinski definition) is 1. The fraction of sp³-hybridized carbons (Fsp3) is 0.571. The van der Waals surface area contributed by atoms with Crippen LogP contribution in [0.3, 0.4) is 0 Å². The molecule has 0 atom stereocenters. The molecule has 0 spiro atoms. The van der Waals surface area contributed by atoms with Crippen molar-refractivity contribution in [3.8, 4) is 0 Å². The second-order valence-electron chi connectivity index (χ2n) is 5.13. The molecule has 3 rings (SSSR count). The van der Waals surface area contributed by atoms with Gasteiger partial charge in [-0.1, -0.05) is 13.0 Å². The lowest BCUT2D eigenvalue weighted by Gasteiger charge is -2.31. The van der Waals surface area contributed by atoms with Crippen LogP contribution in [0.2, 0.25) is 0 Å². The zero-order chi connectivity index (χ0) is 13.1. The first-order chi connectivity index (χ1) is 9.36. The van der Waals surface area contributed by atoms with Gasteiger partial charge in [-0.15, -0.1) is 10.2 Å². The van der Waals surface area contributed by atoms with Crippen molar-refractivity contribution in [3.05, 3.63) is 30.2 Å². The van der Waals surface area contributed by atoms with Gasteiger partial charge in [0.2, 0.25) is 0 Å². The summed E-state index contributed by atoms with van der Waals surface area (Å²) in [6.07, 6.45) is 4.47. The van der Waals surface area contributed by atoms with E-state index in [0.29, 0.717) is 6.04 Å². The maximum absolute atomic E-state index is 4.25. The molecule has 19 heavy (non-hydrogen) atoms. The van der Waals surface area contributed by atoms with Gasteiger partial charge in [0, 0.05) is 12.2 Å². The van der Waals surface area contributed by atoms with E-state index >= 15 is 0 Å². The van der Waals surface area contributed by atoms with Gasteiger partial charge in [0.1, 0.15) is 0 Å². The molecule has 0 radical (unpaired) electrons. The van der Waals surface area contributed by atoms with Gasteiger partial charge in [0.05, 0.1) is 6.54 Å². The van der Waals surface area contributed by atoms with Gasteiger partial charge < -0.3 is 10.2 Å². The van der Waals surface area contributed by atoms with Crippen molar-refractivity contribution in [2.75, 3.05) is 19.6 Å². The summed E-state index contributed by atoms with van der Waals surface area (Å²) in [5, 5.41) is 12.0. The summed E-state index contributed by atoms with van der Waals surface area (Å²) >= 11 is 0. The summed E-state index contributed by atoms with van der Waals surface area (Å²) in [4.78, 5) is 2.50. The van der Waals surface area contributed by atoms with Crippen molar-refractivity contribution in [1.29, 1.82) is 0 Å². The summed E-state index contributed by atoms with van der Waals surface area (Å²) in [7, 11) is 0. The van der Waals surface area contributed by atoms with E-state index in [9.17, 15) is 0 Å². The Morgan fingerprint density at radius 1 is 1.26 bits per heavy atom. The Morgan fingerprint density at radius 3 is 2.89 bits per heavy atom. The van der Waals surface area contributed by atoms with Gasteiger partial charge in [0.25, 0.3) is 0 Å². The third-order valence-electron chi connectivity index (χ3n) is 3.97. The molecule has 0 aliphatic carbocycles. The summed E-state index contributed by atoms with van der Waals surface area (Å²) in [5.74, 6) is 0.994. The SMILES string of the molecule is CCN1CCC(NCc2nnc3ccccn23)CC1. The minimum Gasteiger partial charge on any atom is -0.307 e. The molecule has 3 heterocycles. The lowest BCUT2D eigenvalue weighted by atomic mass is 10.1. The van der Waals surface area contributed by atoms with Crippen molar-refractivity contribution in [3.63, 3.8) is 0 Å². The summed E-state index contributed by atoms with van der Waals surface area (Å²) in [6.45, 7) is 6.60.